The molecule has 2 saturated carbocycles. The lowest BCUT2D eigenvalue weighted by molar-refractivity contribution is 0.331. The van der Waals surface area contributed by atoms with Crippen molar-refractivity contribution in [3.63, 3.8) is 0 Å². The van der Waals surface area contributed by atoms with Gasteiger partial charge in [-0.15, -0.1) is 0 Å². The van der Waals surface area contributed by atoms with Crippen LogP contribution in [0.1, 0.15) is 70.6 Å². The first-order valence-corrected chi connectivity index (χ1v) is 9.25. The van der Waals surface area contributed by atoms with Gasteiger partial charge >= 0.3 is 0 Å². The van der Waals surface area contributed by atoms with Gasteiger partial charge in [0.05, 0.1) is 0 Å². The van der Waals surface area contributed by atoms with Gasteiger partial charge in [-0.05, 0) is 42.6 Å². The molecule has 0 nitrogen and oxygen atoms in total. The molecular weight excluding hydrogens is 244 g/mol. The second-order valence-electron chi connectivity index (χ2n) is 6.14. The number of thiol groups is 1. The van der Waals surface area contributed by atoms with Crippen molar-refractivity contribution in [2.24, 2.45) is 5.41 Å². The Kier molecular flexibility index (Phi) is 6.09. The summed E-state index contributed by atoms with van der Waals surface area (Å²) < 4.78 is 0. The van der Waals surface area contributed by atoms with Crippen molar-refractivity contribution in [3.8, 4) is 0 Å². The average molecular weight is 273 g/mol. The van der Waals surface area contributed by atoms with E-state index < -0.39 is 0 Å². The Hall–Kier alpha value is 0.700. The van der Waals surface area contributed by atoms with Gasteiger partial charge in [-0.25, -0.2) is 0 Å². The van der Waals surface area contributed by atoms with Gasteiger partial charge in [0.1, 0.15) is 0 Å². The highest BCUT2D eigenvalue weighted by atomic mass is 32.2. The lowest BCUT2D eigenvalue weighted by Crippen LogP contribution is -2.27. The molecule has 17 heavy (non-hydrogen) atoms. The molecule has 0 aromatic rings. The topological polar surface area (TPSA) is 0 Å². The van der Waals surface area contributed by atoms with Gasteiger partial charge in [0.15, 0.2) is 0 Å². The quantitative estimate of drug-likeness (QED) is 0.533. The Morgan fingerprint density at radius 2 is 1.47 bits per heavy atom. The van der Waals surface area contributed by atoms with E-state index in [0.717, 1.165) is 11.0 Å². The Bertz CT molecular complexity index is 201. The molecule has 0 amide bonds. The van der Waals surface area contributed by atoms with Crippen molar-refractivity contribution < 1.29 is 0 Å². The lowest BCUT2D eigenvalue weighted by atomic mass is 9.84. The lowest BCUT2D eigenvalue weighted by Gasteiger charge is -2.33. The summed E-state index contributed by atoms with van der Waals surface area (Å²) in [6, 6.07) is 0. The first-order chi connectivity index (χ1) is 8.35. The third-order valence-electron chi connectivity index (χ3n) is 4.68. The summed E-state index contributed by atoms with van der Waals surface area (Å²) in [5.74, 6) is 2.51. The van der Waals surface area contributed by atoms with Crippen LogP contribution < -0.4 is 0 Å². The number of rotatable bonds is 4. The molecule has 0 aliphatic heterocycles. The van der Waals surface area contributed by atoms with Crippen molar-refractivity contribution in [3.05, 3.63) is 0 Å². The van der Waals surface area contributed by atoms with Gasteiger partial charge in [-0.1, -0.05) is 44.9 Å². The van der Waals surface area contributed by atoms with E-state index in [4.69, 9.17) is 0 Å². The molecule has 0 atom stereocenters. The molecule has 0 radical (unpaired) electrons. The summed E-state index contributed by atoms with van der Waals surface area (Å²) in [5, 5.41) is 0.976. The zero-order valence-electron chi connectivity index (χ0n) is 11.1. The Labute approximate surface area is 117 Å². The Morgan fingerprint density at radius 3 is 2.06 bits per heavy atom. The van der Waals surface area contributed by atoms with Crippen LogP contribution in [0.5, 0.6) is 0 Å². The zero-order chi connectivity index (χ0) is 12.0. The molecule has 0 saturated heterocycles. The molecule has 2 fully saturated rings. The largest absolute Gasteiger partial charge is 0.179 e. The highest BCUT2D eigenvalue weighted by molar-refractivity contribution is 7.99. The molecule has 0 aromatic heterocycles. The van der Waals surface area contributed by atoms with E-state index in [9.17, 15) is 0 Å². The summed E-state index contributed by atoms with van der Waals surface area (Å²) in [7, 11) is 0. The molecule has 0 N–H and O–H groups in total. The predicted molar refractivity (Wildman–Crippen MR) is 83.3 cm³/mol. The standard InChI is InChI=1S/C15H28S2/c16-12-15(10-6-1-2-7-11-15)13-17-14-8-4-3-5-9-14/h14,16H,1-13H2. The van der Waals surface area contributed by atoms with Crippen molar-refractivity contribution >= 4 is 24.4 Å². The predicted octanol–water partition coefficient (Wildman–Crippen LogP) is 5.32. The minimum atomic E-state index is 0.585. The maximum atomic E-state index is 4.68. The van der Waals surface area contributed by atoms with Crippen LogP contribution in [0.4, 0.5) is 0 Å². The van der Waals surface area contributed by atoms with E-state index >= 15 is 0 Å². The zero-order valence-corrected chi connectivity index (χ0v) is 12.8. The van der Waals surface area contributed by atoms with Gasteiger partial charge in [0.2, 0.25) is 0 Å². The monoisotopic (exact) mass is 272 g/mol. The van der Waals surface area contributed by atoms with Gasteiger partial charge in [-0.2, -0.15) is 24.4 Å². The Morgan fingerprint density at radius 1 is 0.882 bits per heavy atom. The van der Waals surface area contributed by atoms with Crippen molar-refractivity contribution in [1.29, 1.82) is 0 Å². The van der Waals surface area contributed by atoms with E-state index in [2.05, 4.69) is 24.4 Å². The van der Waals surface area contributed by atoms with Crippen molar-refractivity contribution in [2.75, 3.05) is 11.5 Å². The molecule has 0 spiro atoms. The van der Waals surface area contributed by atoms with Crippen LogP contribution in [0, 0.1) is 5.41 Å². The van der Waals surface area contributed by atoms with Crippen molar-refractivity contribution in [2.45, 2.75) is 75.9 Å². The van der Waals surface area contributed by atoms with Gasteiger partial charge in [0, 0.05) is 5.25 Å². The fourth-order valence-corrected chi connectivity index (χ4v) is 5.58. The molecule has 100 valence electrons. The van der Waals surface area contributed by atoms with Crippen LogP contribution in [0.2, 0.25) is 0 Å². The molecule has 2 rings (SSSR count). The molecule has 0 heterocycles. The van der Waals surface area contributed by atoms with E-state index in [0.29, 0.717) is 5.41 Å². The minimum Gasteiger partial charge on any atom is -0.179 e. The van der Waals surface area contributed by atoms with Crippen molar-refractivity contribution in [1.82, 2.24) is 0 Å². The van der Waals surface area contributed by atoms with E-state index in [1.807, 2.05) is 0 Å². The molecule has 0 aromatic carbocycles. The molecular formula is C15H28S2. The SMILES string of the molecule is SCC1(CSC2CCCCC2)CCCCCC1. The smallest absolute Gasteiger partial charge is 0.00472 e. The highest BCUT2D eigenvalue weighted by Gasteiger charge is 2.30. The van der Waals surface area contributed by atoms with Crippen LogP contribution in [-0.4, -0.2) is 16.8 Å². The minimum absolute atomic E-state index is 0.585. The molecule has 0 unspecified atom stereocenters. The fraction of sp³-hybridized carbons (Fsp3) is 1.00. The summed E-state index contributed by atoms with van der Waals surface area (Å²) in [5.41, 5.74) is 0.585. The second kappa shape index (κ2) is 7.33. The van der Waals surface area contributed by atoms with Crippen LogP contribution in [-0.2, 0) is 0 Å². The average Bonchev–Trinajstić information content (AvgIpc) is 2.64. The third kappa shape index (κ3) is 4.38. The normalized spacial score (nSPS) is 26.6. The van der Waals surface area contributed by atoms with Gasteiger partial charge < -0.3 is 0 Å². The maximum absolute atomic E-state index is 4.68. The van der Waals surface area contributed by atoms with Crippen LogP contribution in [0.15, 0.2) is 0 Å². The van der Waals surface area contributed by atoms with E-state index in [1.165, 1.54) is 76.4 Å². The number of hydrogen-bond donors (Lipinski definition) is 1. The number of hydrogen-bond acceptors (Lipinski definition) is 2. The summed E-state index contributed by atoms with van der Waals surface area (Å²) in [6.45, 7) is 0. The summed E-state index contributed by atoms with van der Waals surface area (Å²) >= 11 is 6.97. The second-order valence-corrected chi connectivity index (χ2v) is 7.75. The van der Waals surface area contributed by atoms with E-state index in [-0.39, 0.29) is 0 Å². The van der Waals surface area contributed by atoms with Crippen LogP contribution in [0.3, 0.4) is 0 Å². The maximum Gasteiger partial charge on any atom is 0.00472 e. The van der Waals surface area contributed by atoms with Gasteiger partial charge in [-0.3, -0.25) is 0 Å². The summed E-state index contributed by atoms with van der Waals surface area (Å²) in [6.07, 6.45) is 16.1. The van der Waals surface area contributed by atoms with Crippen LogP contribution in [0.25, 0.3) is 0 Å². The summed E-state index contributed by atoms with van der Waals surface area (Å²) in [4.78, 5) is 0. The molecule has 2 aliphatic rings. The first-order valence-electron chi connectivity index (χ1n) is 7.57. The van der Waals surface area contributed by atoms with Gasteiger partial charge in [0.25, 0.3) is 0 Å². The van der Waals surface area contributed by atoms with Crippen LogP contribution >= 0.6 is 24.4 Å². The molecule has 0 bridgehead atoms. The highest BCUT2D eigenvalue weighted by Crippen LogP contribution is 2.41. The third-order valence-corrected chi connectivity index (χ3v) is 7.07. The van der Waals surface area contributed by atoms with E-state index in [1.54, 1.807) is 0 Å². The molecule has 2 aliphatic carbocycles. The molecule has 2 heteroatoms. The first kappa shape index (κ1) is 14.1. The Balaban J connectivity index is 1.80. The fourth-order valence-electron chi connectivity index (χ4n) is 3.35. The number of thioether (sulfide) groups is 1.